The van der Waals surface area contributed by atoms with Gasteiger partial charge in [0, 0.05) is 10.4 Å². The number of anilines is 1. The highest BCUT2D eigenvalue weighted by molar-refractivity contribution is 9.10. The summed E-state index contributed by atoms with van der Waals surface area (Å²) >= 11 is 9.26. The Bertz CT molecular complexity index is 1090. The number of benzene rings is 1. The first-order valence-corrected chi connectivity index (χ1v) is 10.4. The first-order valence-electron chi connectivity index (χ1n) is 9.25. The molecule has 12 heteroatoms. The summed E-state index contributed by atoms with van der Waals surface area (Å²) in [6.07, 6.45) is -0.277. The van der Waals surface area contributed by atoms with Gasteiger partial charge in [-0.25, -0.2) is 4.68 Å². The lowest BCUT2D eigenvalue weighted by molar-refractivity contribution is -0.141. The minimum Gasteiger partial charge on any atom is -0.471 e. The van der Waals surface area contributed by atoms with Crippen LogP contribution in [-0.4, -0.2) is 25.5 Å². The van der Waals surface area contributed by atoms with Crippen molar-refractivity contribution in [2.75, 3.05) is 5.32 Å². The highest BCUT2D eigenvalue weighted by atomic mass is 79.9. The summed E-state index contributed by atoms with van der Waals surface area (Å²) in [4.78, 5) is 12.4. The van der Waals surface area contributed by atoms with E-state index in [0.717, 1.165) is 22.0 Å². The van der Waals surface area contributed by atoms with E-state index in [1.54, 1.807) is 18.3 Å². The molecule has 0 atom stereocenters. The third-order valence-electron chi connectivity index (χ3n) is 4.55. The van der Waals surface area contributed by atoms with Crippen LogP contribution in [-0.2, 0) is 24.2 Å². The van der Waals surface area contributed by atoms with E-state index in [4.69, 9.17) is 16.3 Å². The van der Waals surface area contributed by atoms with Gasteiger partial charge in [0.25, 0.3) is 0 Å². The average molecular weight is 519 g/mol. The first kappa shape index (κ1) is 21.7. The van der Waals surface area contributed by atoms with Gasteiger partial charge in [-0.1, -0.05) is 27.5 Å². The van der Waals surface area contributed by atoms with Crippen LogP contribution in [0.15, 0.2) is 41.1 Å². The van der Waals surface area contributed by atoms with Crippen molar-refractivity contribution in [1.29, 1.82) is 0 Å². The molecule has 0 spiro atoms. The van der Waals surface area contributed by atoms with Crippen LogP contribution in [0.4, 0.5) is 18.9 Å². The van der Waals surface area contributed by atoms with Crippen molar-refractivity contribution in [1.82, 2.24) is 19.6 Å². The Kier molecular flexibility index (Phi) is 5.98. The third kappa shape index (κ3) is 5.21. The maximum atomic E-state index is 13.1. The van der Waals surface area contributed by atoms with Crippen LogP contribution < -0.4 is 10.1 Å². The molecule has 1 amide bonds. The summed E-state index contributed by atoms with van der Waals surface area (Å²) in [6.45, 7) is -0.269. The van der Waals surface area contributed by atoms with Crippen molar-refractivity contribution >= 4 is 39.1 Å². The number of halogens is 5. The van der Waals surface area contributed by atoms with E-state index < -0.39 is 22.8 Å². The molecule has 0 unspecified atom stereocenters. The van der Waals surface area contributed by atoms with Gasteiger partial charge in [0.1, 0.15) is 12.3 Å². The van der Waals surface area contributed by atoms with Crippen LogP contribution in [0, 0.1) is 0 Å². The largest absolute Gasteiger partial charge is 0.471 e. The van der Waals surface area contributed by atoms with Gasteiger partial charge in [-0.15, -0.1) is 0 Å². The van der Waals surface area contributed by atoms with Crippen molar-refractivity contribution in [3.05, 3.63) is 57.5 Å². The summed E-state index contributed by atoms with van der Waals surface area (Å²) in [7, 11) is 0. The second kappa shape index (κ2) is 8.54. The predicted molar refractivity (Wildman–Crippen MR) is 110 cm³/mol. The van der Waals surface area contributed by atoms with Crippen LogP contribution in [0.2, 0.25) is 5.02 Å². The van der Waals surface area contributed by atoms with Crippen molar-refractivity contribution in [2.45, 2.75) is 38.2 Å². The van der Waals surface area contributed by atoms with E-state index in [1.165, 1.54) is 10.9 Å². The molecule has 1 saturated carbocycles. The van der Waals surface area contributed by atoms with Gasteiger partial charge in [0.15, 0.2) is 12.4 Å². The van der Waals surface area contributed by atoms with Crippen molar-refractivity contribution in [3.63, 3.8) is 0 Å². The molecular formula is C19H16BrClF3N5O2. The molecule has 1 aliphatic rings. The highest BCUT2D eigenvalue weighted by Crippen LogP contribution is 2.46. The van der Waals surface area contributed by atoms with Crippen LogP contribution in [0.1, 0.15) is 30.1 Å². The number of carbonyl (C=O) groups excluding carboxylic acids is 1. The lowest BCUT2D eigenvalue weighted by Gasteiger charge is -2.07. The maximum absolute atomic E-state index is 13.1. The number of rotatable bonds is 7. The summed E-state index contributed by atoms with van der Waals surface area (Å²) in [5.41, 5.74) is -0.531. The highest BCUT2D eigenvalue weighted by Gasteiger charge is 2.42. The Balaban J connectivity index is 1.39. The SMILES string of the molecule is O=C(Cn1nc(C(F)(F)F)c(Cl)c1C1CC1)Nc1cnn(COc2ccc(Br)cc2)c1. The van der Waals surface area contributed by atoms with Crippen molar-refractivity contribution < 1.29 is 22.7 Å². The Labute approximate surface area is 188 Å². The molecular weight excluding hydrogens is 503 g/mol. The molecule has 2 aromatic heterocycles. The Morgan fingerprint density at radius 2 is 2.00 bits per heavy atom. The molecule has 164 valence electrons. The van der Waals surface area contributed by atoms with Gasteiger partial charge in [0.2, 0.25) is 5.91 Å². The van der Waals surface area contributed by atoms with Crippen LogP contribution in [0.25, 0.3) is 0 Å². The fraction of sp³-hybridized carbons (Fsp3) is 0.316. The van der Waals surface area contributed by atoms with E-state index in [9.17, 15) is 18.0 Å². The van der Waals surface area contributed by atoms with Crippen LogP contribution in [0.5, 0.6) is 5.75 Å². The zero-order valence-electron chi connectivity index (χ0n) is 15.9. The Morgan fingerprint density at radius 3 is 2.65 bits per heavy atom. The number of ether oxygens (including phenoxy) is 1. The smallest absolute Gasteiger partial charge is 0.436 e. The van der Waals surface area contributed by atoms with Crippen molar-refractivity contribution in [3.8, 4) is 5.75 Å². The van der Waals surface area contributed by atoms with E-state index in [0.29, 0.717) is 11.4 Å². The van der Waals surface area contributed by atoms with E-state index in [2.05, 4.69) is 31.4 Å². The zero-order valence-corrected chi connectivity index (χ0v) is 18.2. The van der Waals surface area contributed by atoms with E-state index >= 15 is 0 Å². The molecule has 0 bridgehead atoms. The standard InChI is InChI=1S/C19H16BrClF3N5O2/c20-12-3-5-14(6-4-12)31-10-28-8-13(7-25-28)26-15(30)9-29-17(11-1-2-11)16(21)18(27-29)19(22,23)24/h3-8,11H,1-2,9-10H2,(H,26,30). The number of carbonyl (C=O) groups is 1. The van der Waals surface area contributed by atoms with Gasteiger partial charge in [-0.05, 0) is 37.1 Å². The third-order valence-corrected chi connectivity index (χ3v) is 5.45. The molecule has 1 aliphatic carbocycles. The molecule has 0 saturated heterocycles. The summed E-state index contributed by atoms with van der Waals surface area (Å²) in [5.74, 6) is -0.00139. The van der Waals surface area contributed by atoms with Gasteiger partial charge in [-0.3, -0.25) is 9.48 Å². The monoisotopic (exact) mass is 517 g/mol. The zero-order chi connectivity index (χ0) is 22.2. The number of nitrogens with zero attached hydrogens (tertiary/aromatic N) is 4. The summed E-state index contributed by atoms with van der Waals surface area (Å²) in [5, 5.41) is 9.81. The van der Waals surface area contributed by atoms with Crippen LogP contribution in [0.3, 0.4) is 0 Å². The molecule has 1 fully saturated rings. The minimum atomic E-state index is -4.68. The molecule has 2 heterocycles. The second-order valence-electron chi connectivity index (χ2n) is 7.02. The topological polar surface area (TPSA) is 74.0 Å². The number of aromatic nitrogens is 4. The molecule has 0 aliphatic heterocycles. The summed E-state index contributed by atoms with van der Waals surface area (Å²) < 4.78 is 48.5. The molecule has 0 radical (unpaired) electrons. The predicted octanol–water partition coefficient (Wildman–Crippen LogP) is 5.07. The molecule has 3 aromatic rings. The molecule has 7 nitrogen and oxygen atoms in total. The van der Waals surface area contributed by atoms with Gasteiger partial charge in [-0.2, -0.15) is 23.4 Å². The fourth-order valence-corrected chi connectivity index (χ4v) is 3.67. The average Bonchev–Trinajstić information content (AvgIpc) is 3.34. The van der Waals surface area contributed by atoms with Crippen molar-refractivity contribution in [2.24, 2.45) is 0 Å². The minimum absolute atomic E-state index is 0.109. The number of hydrogen-bond donors (Lipinski definition) is 1. The molecule has 31 heavy (non-hydrogen) atoms. The Hall–Kier alpha value is -2.53. The van der Waals surface area contributed by atoms with Crippen LogP contribution >= 0.6 is 27.5 Å². The number of amides is 1. The van der Waals surface area contributed by atoms with Gasteiger partial charge >= 0.3 is 6.18 Å². The fourth-order valence-electron chi connectivity index (χ4n) is 3.01. The Morgan fingerprint density at radius 1 is 1.29 bits per heavy atom. The number of hydrogen-bond acceptors (Lipinski definition) is 4. The first-order chi connectivity index (χ1) is 14.7. The molecule has 1 N–H and O–H groups in total. The number of nitrogens with one attached hydrogen (secondary N) is 1. The van der Waals surface area contributed by atoms with Gasteiger partial charge in [0.05, 0.1) is 28.8 Å². The normalized spacial score (nSPS) is 14.0. The second-order valence-corrected chi connectivity index (χ2v) is 8.32. The van der Waals surface area contributed by atoms with E-state index in [1.807, 2.05) is 12.1 Å². The molecule has 1 aromatic carbocycles. The van der Waals surface area contributed by atoms with Gasteiger partial charge < -0.3 is 10.1 Å². The number of alkyl halides is 3. The molecule has 4 rings (SSSR count). The quantitative estimate of drug-likeness (QED) is 0.474. The lowest BCUT2D eigenvalue weighted by Crippen LogP contribution is -2.21. The lowest BCUT2D eigenvalue weighted by atomic mass is 10.2. The van der Waals surface area contributed by atoms with E-state index in [-0.39, 0.29) is 24.9 Å². The maximum Gasteiger partial charge on any atom is 0.436 e. The summed E-state index contributed by atoms with van der Waals surface area (Å²) in [6, 6.07) is 7.26.